The second kappa shape index (κ2) is 14.0. The Hall–Kier alpha value is -2.29. The minimum Gasteiger partial charge on any atom is -0.490 e. The predicted molar refractivity (Wildman–Crippen MR) is 110 cm³/mol. The smallest absolute Gasteiger partial charge is 0.490 e. The van der Waals surface area contributed by atoms with Gasteiger partial charge in [-0.05, 0) is 26.0 Å². The van der Waals surface area contributed by atoms with E-state index in [-0.39, 0.29) is 41.9 Å². The van der Waals surface area contributed by atoms with Gasteiger partial charge in [0.15, 0.2) is 11.5 Å². The maximum Gasteiger partial charge on any atom is 0.573 e. The first kappa shape index (κ1) is 29.7. The molecule has 0 aliphatic rings. The van der Waals surface area contributed by atoms with Gasteiger partial charge in [-0.15, -0.1) is 13.2 Å². The Morgan fingerprint density at radius 2 is 1.81 bits per heavy atom. The summed E-state index contributed by atoms with van der Waals surface area (Å²) in [7, 11) is -4.64. The first-order valence-electron chi connectivity index (χ1n) is 8.58. The molecule has 0 radical (unpaired) electrons. The summed E-state index contributed by atoms with van der Waals surface area (Å²) >= 11 is 5.67. The van der Waals surface area contributed by atoms with E-state index in [0.29, 0.717) is 6.42 Å². The monoisotopic (exact) mass is 509 g/mol. The van der Waals surface area contributed by atoms with Gasteiger partial charge in [0.25, 0.3) is 0 Å². The number of nitrogens with two attached hydrogens (primary N) is 2. The third kappa shape index (κ3) is 18.5. The Morgan fingerprint density at radius 3 is 2.34 bits per heavy atom. The van der Waals surface area contributed by atoms with Gasteiger partial charge in [0, 0.05) is 23.6 Å². The van der Waals surface area contributed by atoms with Gasteiger partial charge in [-0.2, -0.15) is 4.99 Å². The maximum absolute atomic E-state index is 12.4. The van der Waals surface area contributed by atoms with Gasteiger partial charge in [-0.1, -0.05) is 11.6 Å². The first-order chi connectivity index (χ1) is 14.6. The lowest BCUT2D eigenvalue weighted by Gasteiger charge is -2.14. The molecule has 17 heteroatoms. The lowest BCUT2D eigenvalue weighted by Crippen LogP contribution is -2.34. The number of guanidine groups is 2. The Morgan fingerprint density at radius 1 is 1.22 bits per heavy atom. The van der Waals surface area contributed by atoms with E-state index in [1.807, 2.05) is 13.8 Å². The van der Waals surface area contributed by atoms with E-state index in [0.717, 1.165) is 6.07 Å². The molecule has 0 spiro atoms. The van der Waals surface area contributed by atoms with E-state index < -0.39 is 19.9 Å². The Labute approximate surface area is 186 Å². The number of hydroxylamine groups is 1. The van der Waals surface area contributed by atoms with Gasteiger partial charge in [0.1, 0.15) is 0 Å². The zero-order valence-corrected chi connectivity index (χ0v) is 18.6. The standard InChI is InChI=1S/C15H21ClF3N5O3.H3O4P/c1-9(2)22-13(20)23-14(21)24-26-7-3-6-25-11-5-4-10(16)8-12(11)27-15(17,18)19;1-5(2,3)4/h4-5,8-9H,3,6-7H2,1-2H3,(H5,20,21,22,23,24);(H3,1,2,3,4). The van der Waals surface area contributed by atoms with Crippen molar-refractivity contribution in [2.24, 2.45) is 21.5 Å². The number of aliphatic imine (C=N–C) groups is 2. The average Bonchev–Trinajstić information content (AvgIpc) is 2.55. The van der Waals surface area contributed by atoms with E-state index in [1.165, 1.54) is 12.1 Å². The molecular formula is C15H24ClF3N5O7P. The highest BCUT2D eigenvalue weighted by Crippen LogP contribution is 2.34. The number of nitrogens with zero attached hydrogens (tertiary/aromatic N) is 2. The fourth-order valence-electron chi connectivity index (χ4n) is 1.68. The first-order valence-corrected chi connectivity index (χ1v) is 10.5. The maximum atomic E-state index is 12.4. The van der Waals surface area contributed by atoms with Crippen LogP contribution in [-0.2, 0) is 9.40 Å². The number of hydrogen-bond donors (Lipinski definition) is 6. The molecule has 1 aromatic rings. The van der Waals surface area contributed by atoms with E-state index >= 15 is 0 Å². The van der Waals surface area contributed by atoms with Gasteiger partial charge >= 0.3 is 14.2 Å². The summed E-state index contributed by atoms with van der Waals surface area (Å²) in [4.78, 5) is 34.3. The van der Waals surface area contributed by atoms with Crippen molar-refractivity contribution in [2.45, 2.75) is 32.7 Å². The van der Waals surface area contributed by atoms with E-state index in [9.17, 15) is 13.2 Å². The molecule has 0 aromatic heterocycles. The normalized spacial score (nSPS) is 12.8. The van der Waals surface area contributed by atoms with E-state index in [1.54, 1.807) is 0 Å². The number of hydrogen-bond acceptors (Lipinski definition) is 5. The summed E-state index contributed by atoms with van der Waals surface area (Å²) in [6.45, 7) is 3.86. The lowest BCUT2D eigenvalue weighted by atomic mass is 10.3. The van der Waals surface area contributed by atoms with Crippen molar-refractivity contribution in [2.75, 3.05) is 13.2 Å². The molecule has 0 saturated heterocycles. The van der Waals surface area contributed by atoms with Crippen LogP contribution in [0.1, 0.15) is 20.3 Å². The molecule has 12 nitrogen and oxygen atoms in total. The third-order valence-corrected chi connectivity index (χ3v) is 2.82. The zero-order chi connectivity index (χ0) is 24.9. The minimum absolute atomic E-state index is 0.00173. The quantitative estimate of drug-likeness (QED) is 0.0985. The second-order valence-corrected chi connectivity index (χ2v) is 7.35. The number of rotatable bonds is 8. The van der Waals surface area contributed by atoms with Crippen molar-refractivity contribution in [1.82, 2.24) is 5.48 Å². The van der Waals surface area contributed by atoms with Crippen LogP contribution in [0.5, 0.6) is 11.5 Å². The van der Waals surface area contributed by atoms with Crippen LogP contribution in [0.25, 0.3) is 0 Å². The summed E-state index contributed by atoms with van der Waals surface area (Å²) in [5.74, 6) is -0.702. The molecule has 0 saturated carbocycles. The molecule has 32 heavy (non-hydrogen) atoms. The topological polar surface area (TPSA) is 194 Å². The summed E-state index contributed by atoms with van der Waals surface area (Å²) < 4.78 is 55.2. The highest BCUT2D eigenvalue weighted by molar-refractivity contribution is 7.45. The average molecular weight is 510 g/mol. The number of ether oxygens (including phenoxy) is 2. The fourth-order valence-corrected chi connectivity index (χ4v) is 1.85. The second-order valence-electron chi connectivity index (χ2n) is 5.88. The molecule has 0 unspecified atom stereocenters. The number of alkyl halides is 3. The summed E-state index contributed by atoms with van der Waals surface area (Å²) in [6, 6.07) is 3.66. The number of benzene rings is 1. The fraction of sp³-hybridized carbons (Fsp3) is 0.467. The molecule has 1 aromatic carbocycles. The van der Waals surface area contributed by atoms with Crippen LogP contribution in [-0.4, -0.2) is 52.2 Å². The van der Waals surface area contributed by atoms with Crippen LogP contribution < -0.4 is 26.4 Å². The summed E-state index contributed by atoms with van der Waals surface area (Å²) in [5, 5.41) is 0.0872. The molecule has 0 amide bonds. The summed E-state index contributed by atoms with van der Waals surface area (Å²) in [5.41, 5.74) is 13.4. The van der Waals surface area contributed by atoms with E-state index in [4.69, 9.17) is 51.9 Å². The number of nitrogens with one attached hydrogen (secondary N) is 1. The molecule has 0 aliphatic heterocycles. The highest BCUT2D eigenvalue weighted by Gasteiger charge is 2.32. The van der Waals surface area contributed by atoms with Crippen LogP contribution in [0.2, 0.25) is 5.02 Å². The zero-order valence-electron chi connectivity index (χ0n) is 16.9. The van der Waals surface area contributed by atoms with Gasteiger partial charge in [0.2, 0.25) is 11.9 Å². The Balaban J connectivity index is 0.00000172. The van der Waals surface area contributed by atoms with Crippen LogP contribution >= 0.6 is 19.4 Å². The third-order valence-electron chi connectivity index (χ3n) is 2.58. The van der Waals surface area contributed by atoms with Gasteiger partial charge in [0.05, 0.1) is 13.2 Å². The van der Waals surface area contributed by atoms with Crippen molar-refractivity contribution in [1.29, 1.82) is 0 Å². The Kier molecular flexibility index (Phi) is 13.0. The molecule has 0 bridgehead atoms. The molecule has 0 heterocycles. The van der Waals surface area contributed by atoms with Crippen LogP contribution in [0.4, 0.5) is 13.2 Å². The molecule has 0 fully saturated rings. The predicted octanol–water partition coefficient (Wildman–Crippen LogP) is 1.64. The molecule has 1 rings (SSSR count). The lowest BCUT2D eigenvalue weighted by molar-refractivity contribution is -0.275. The molecule has 184 valence electrons. The van der Waals surface area contributed by atoms with Crippen molar-refractivity contribution < 1.29 is 46.7 Å². The number of phosphoric acid groups is 1. The minimum atomic E-state index is -4.85. The van der Waals surface area contributed by atoms with Crippen molar-refractivity contribution in [3.8, 4) is 11.5 Å². The van der Waals surface area contributed by atoms with Crippen LogP contribution in [0.15, 0.2) is 28.2 Å². The number of halogens is 4. The van der Waals surface area contributed by atoms with Crippen LogP contribution in [0.3, 0.4) is 0 Å². The van der Waals surface area contributed by atoms with Gasteiger partial charge in [-0.3, -0.25) is 4.84 Å². The summed E-state index contributed by atoms with van der Waals surface area (Å²) in [6.07, 6.45) is -4.52. The molecule has 0 aliphatic carbocycles. The highest BCUT2D eigenvalue weighted by atomic mass is 35.5. The van der Waals surface area contributed by atoms with Gasteiger partial charge < -0.3 is 35.6 Å². The molecular weight excluding hydrogens is 486 g/mol. The molecule has 0 atom stereocenters. The largest absolute Gasteiger partial charge is 0.573 e. The Bertz CT molecular complexity index is 813. The van der Waals surface area contributed by atoms with Crippen molar-refractivity contribution >= 4 is 31.3 Å². The SMILES string of the molecule is CC(C)N=C(N)/N=C(\N)NOCCCOc1ccc(Cl)cc1OC(F)(F)F.O=P(O)(O)O. The van der Waals surface area contributed by atoms with Crippen LogP contribution in [0, 0.1) is 0 Å². The molecule has 8 N–H and O–H groups in total. The van der Waals surface area contributed by atoms with E-state index in [2.05, 4.69) is 20.2 Å². The van der Waals surface area contributed by atoms with Crippen molar-refractivity contribution in [3.05, 3.63) is 23.2 Å². The van der Waals surface area contributed by atoms with Gasteiger partial charge in [-0.25, -0.2) is 15.0 Å². The van der Waals surface area contributed by atoms with Crippen molar-refractivity contribution in [3.63, 3.8) is 0 Å².